The maximum atomic E-state index is 11.0. The van der Waals surface area contributed by atoms with Crippen LogP contribution >= 0.6 is 11.6 Å². The van der Waals surface area contributed by atoms with Gasteiger partial charge in [-0.15, -0.1) is 0 Å². The fourth-order valence-corrected chi connectivity index (χ4v) is 1.69. The van der Waals surface area contributed by atoms with Crippen molar-refractivity contribution in [3.8, 4) is 0 Å². The average Bonchev–Trinajstić information content (AvgIpc) is 2.19. The van der Waals surface area contributed by atoms with Crippen molar-refractivity contribution in [1.29, 1.82) is 0 Å². The summed E-state index contributed by atoms with van der Waals surface area (Å²) >= 11 is 5.82. The molecule has 17 heavy (non-hydrogen) atoms. The van der Waals surface area contributed by atoms with Crippen LogP contribution in [-0.4, -0.2) is 24.0 Å². The summed E-state index contributed by atoms with van der Waals surface area (Å²) in [7, 11) is 0. The monoisotopic (exact) mass is 256 g/mol. The number of anilines is 2. The molecule has 4 N–H and O–H groups in total. The lowest BCUT2D eigenvalue weighted by atomic mass is 10.2. The first kappa shape index (κ1) is 13.6. The highest BCUT2D eigenvalue weighted by Gasteiger charge is 2.15. The lowest BCUT2D eigenvalue weighted by molar-refractivity contribution is -0.116. The average molecular weight is 257 g/mol. The maximum absolute atomic E-state index is 11.0. The minimum absolute atomic E-state index is 0.0791. The zero-order valence-electron chi connectivity index (χ0n) is 9.98. The lowest BCUT2D eigenvalue weighted by Crippen LogP contribution is -2.37. The number of carbonyl (C=O) groups is 1. The fourth-order valence-electron chi connectivity index (χ4n) is 1.54. The summed E-state index contributed by atoms with van der Waals surface area (Å²) in [5.74, 6) is 0.436. The Hall–Kier alpha value is -1.49. The van der Waals surface area contributed by atoms with Gasteiger partial charge in [0.2, 0.25) is 5.91 Å². The molecule has 0 fully saturated rings. The maximum Gasteiger partial charge on any atom is 0.236 e. The van der Waals surface area contributed by atoms with Gasteiger partial charge in [0.05, 0.1) is 12.2 Å². The van der Waals surface area contributed by atoms with Gasteiger partial charge in [0.25, 0.3) is 0 Å². The van der Waals surface area contributed by atoms with E-state index in [-0.39, 0.29) is 6.54 Å². The highest BCUT2D eigenvalue weighted by Crippen LogP contribution is 2.23. The SMILES string of the molecule is CC(C)CN(CC(N)=O)c1nc(Cl)ccc1N. The molecule has 1 heterocycles. The van der Waals surface area contributed by atoms with Crippen LogP contribution in [0.2, 0.25) is 5.15 Å². The van der Waals surface area contributed by atoms with Crippen LogP contribution in [-0.2, 0) is 4.79 Å². The topological polar surface area (TPSA) is 85.2 Å². The summed E-state index contributed by atoms with van der Waals surface area (Å²) in [5.41, 5.74) is 11.5. The van der Waals surface area contributed by atoms with Crippen molar-refractivity contribution in [2.24, 2.45) is 11.7 Å². The summed E-state index contributed by atoms with van der Waals surface area (Å²) in [6, 6.07) is 3.27. The second-order valence-corrected chi connectivity index (χ2v) is 4.67. The van der Waals surface area contributed by atoms with Crippen molar-refractivity contribution in [2.45, 2.75) is 13.8 Å². The summed E-state index contributed by atoms with van der Waals surface area (Å²) in [6.07, 6.45) is 0. The van der Waals surface area contributed by atoms with E-state index in [1.54, 1.807) is 17.0 Å². The van der Waals surface area contributed by atoms with Crippen molar-refractivity contribution < 1.29 is 4.79 Å². The number of amides is 1. The number of hydrogen-bond donors (Lipinski definition) is 2. The molecule has 0 saturated carbocycles. The number of nitrogens with two attached hydrogens (primary N) is 2. The van der Waals surface area contributed by atoms with Gasteiger partial charge in [-0.3, -0.25) is 4.79 Å². The van der Waals surface area contributed by atoms with Gasteiger partial charge in [0.1, 0.15) is 5.15 Å². The molecule has 1 rings (SSSR count). The van der Waals surface area contributed by atoms with Crippen LogP contribution in [0.5, 0.6) is 0 Å². The molecule has 0 atom stereocenters. The number of primary amides is 1. The van der Waals surface area contributed by atoms with Crippen LogP contribution in [0, 0.1) is 5.92 Å². The van der Waals surface area contributed by atoms with E-state index in [0.29, 0.717) is 29.1 Å². The Balaban J connectivity index is 3.02. The van der Waals surface area contributed by atoms with Gasteiger partial charge in [-0.05, 0) is 18.1 Å². The van der Waals surface area contributed by atoms with Crippen LogP contribution in [0.3, 0.4) is 0 Å². The van der Waals surface area contributed by atoms with Gasteiger partial charge in [0.15, 0.2) is 5.82 Å². The largest absolute Gasteiger partial charge is 0.396 e. The zero-order valence-corrected chi connectivity index (χ0v) is 10.7. The molecule has 6 heteroatoms. The summed E-state index contributed by atoms with van der Waals surface area (Å²) in [5, 5.41) is 0.340. The van der Waals surface area contributed by atoms with E-state index in [1.807, 2.05) is 13.8 Å². The van der Waals surface area contributed by atoms with Crippen molar-refractivity contribution in [1.82, 2.24) is 4.98 Å². The van der Waals surface area contributed by atoms with E-state index >= 15 is 0 Å². The highest BCUT2D eigenvalue weighted by atomic mass is 35.5. The third-order valence-corrected chi connectivity index (χ3v) is 2.31. The van der Waals surface area contributed by atoms with Gasteiger partial charge in [-0.2, -0.15) is 0 Å². The van der Waals surface area contributed by atoms with Crippen LogP contribution in [0.4, 0.5) is 11.5 Å². The molecular weight excluding hydrogens is 240 g/mol. The minimum Gasteiger partial charge on any atom is -0.396 e. The van der Waals surface area contributed by atoms with E-state index in [0.717, 1.165) is 0 Å². The second-order valence-electron chi connectivity index (χ2n) is 4.29. The van der Waals surface area contributed by atoms with Crippen molar-refractivity contribution >= 4 is 29.0 Å². The van der Waals surface area contributed by atoms with Gasteiger partial charge < -0.3 is 16.4 Å². The number of pyridine rings is 1. The third kappa shape index (κ3) is 4.11. The molecule has 1 amide bonds. The van der Waals surface area contributed by atoms with Crippen molar-refractivity contribution in [3.05, 3.63) is 17.3 Å². The first-order valence-electron chi connectivity index (χ1n) is 5.35. The molecule has 1 aromatic rings. The number of carbonyl (C=O) groups excluding carboxylic acids is 1. The molecule has 5 nitrogen and oxygen atoms in total. The number of nitrogen functional groups attached to an aromatic ring is 1. The summed E-state index contributed by atoms with van der Waals surface area (Å²) in [6.45, 7) is 4.79. The zero-order chi connectivity index (χ0) is 13.0. The smallest absolute Gasteiger partial charge is 0.236 e. The molecule has 0 aromatic carbocycles. The summed E-state index contributed by atoms with van der Waals surface area (Å²) < 4.78 is 0. The number of nitrogens with zero attached hydrogens (tertiary/aromatic N) is 2. The molecule has 94 valence electrons. The molecule has 0 aliphatic heterocycles. The Morgan fingerprint density at radius 3 is 2.71 bits per heavy atom. The van der Waals surface area contributed by atoms with Gasteiger partial charge in [0, 0.05) is 6.54 Å². The first-order chi connectivity index (χ1) is 7.90. The van der Waals surface area contributed by atoms with Crippen molar-refractivity contribution in [3.63, 3.8) is 0 Å². The van der Waals surface area contributed by atoms with Crippen molar-refractivity contribution in [2.75, 3.05) is 23.7 Å². The summed E-state index contributed by atoms with van der Waals surface area (Å²) in [4.78, 5) is 16.9. The van der Waals surface area contributed by atoms with Gasteiger partial charge >= 0.3 is 0 Å². The predicted molar refractivity (Wildman–Crippen MR) is 69.9 cm³/mol. The minimum atomic E-state index is -0.424. The molecule has 0 bridgehead atoms. The second kappa shape index (κ2) is 5.72. The molecular formula is C11H17ClN4O. The molecule has 0 radical (unpaired) electrons. The van der Waals surface area contributed by atoms with Crippen LogP contribution in [0.1, 0.15) is 13.8 Å². The quantitative estimate of drug-likeness (QED) is 0.777. The number of aromatic nitrogens is 1. The van der Waals surface area contributed by atoms with E-state index in [1.165, 1.54) is 0 Å². The van der Waals surface area contributed by atoms with E-state index < -0.39 is 5.91 Å². The number of halogens is 1. The molecule has 0 unspecified atom stereocenters. The molecule has 0 saturated heterocycles. The Morgan fingerprint density at radius 2 is 2.18 bits per heavy atom. The standard InChI is InChI=1S/C11H17ClN4O/c1-7(2)5-16(6-10(14)17)11-8(13)3-4-9(12)15-11/h3-4,7H,5-6,13H2,1-2H3,(H2,14,17). The molecule has 0 aliphatic rings. The molecule has 1 aromatic heterocycles. The Kier molecular flexibility index (Phi) is 4.57. The van der Waals surface area contributed by atoms with Crippen LogP contribution in [0.25, 0.3) is 0 Å². The van der Waals surface area contributed by atoms with Gasteiger partial charge in [-0.1, -0.05) is 25.4 Å². The van der Waals surface area contributed by atoms with Gasteiger partial charge in [-0.25, -0.2) is 4.98 Å². The van der Waals surface area contributed by atoms with E-state index in [2.05, 4.69) is 4.98 Å². The highest BCUT2D eigenvalue weighted by molar-refractivity contribution is 6.29. The normalized spacial score (nSPS) is 10.6. The van der Waals surface area contributed by atoms with Crippen LogP contribution in [0.15, 0.2) is 12.1 Å². The lowest BCUT2D eigenvalue weighted by Gasteiger charge is -2.25. The number of rotatable bonds is 5. The van der Waals surface area contributed by atoms with E-state index in [4.69, 9.17) is 23.1 Å². The van der Waals surface area contributed by atoms with Crippen LogP contribution < -0.4 is 16.4 Å². The Bertz CT molecular complexity index is 408. The molecule has 0 aliphatic carbocycles. The number of hydrogen-bond acceptors (Lipinski definition) is 4. The Morgan fingerprint density at radius 1 is 1.53 bits per heavy atom. The fraction of sp³-hybridized carbons (Fsp3) is 0.455. The van der Waals surface area contributed by atoms with E-state index in [9.17, 15) is 4.79 Å². The molecule has 0 spiro atoms. The Labute approximate surface area is 106 Å². The third-order valence-electron chi connectivity index (χ3n) is 2.10. The predicted octanol–water partition coefficient (Wildman–Crippen LogP) is 1.26. The first-order valence-corrected chi connectivity index (χ1v) is 5.73.